The molecule has 0 fully saturated rings. The molecule has 0 saturated carbocycles. The van der Waals surface area contributed by atoms with Crippen molar-refractivity contribution in [3.05, 3.63) is 35.6 Å². The minimum Gasteiger partial charge on any atom is -0.394 e. The summed E-state index contributed by atoms with van der Waals surface area (Å²) >= 11 is 6.10. The smallest absolute Gasteiger partial charge is 0.227 e. The van der Waals surface area contributed by atoms with Gasteiger partial charge in [-0.25, -0.2) is 4.98 Å². The topological polar surface area (TPSA) is 87.9 Å². The molecule has 0 radical (unpaired) electrons. The third-order valence-corrected chi connectivity index (χ3v) is 4.62. The fraction of sp³-hybridized carbons (Fsp3) is 0.450. The van der Waals surface area contributed by atoms with Crippen molar-refractivity contribution in [2.45, 2.75) is 47.2 Å². The van der Waals surface area contributed by atoms with E-state index in [4.69, 9.17) is 11.6 Å². The number of hydrogen-bond donors (Lipinski definition) is 3. The first-order valence-electron chi connectivity index (χ1n) is 9.03. The lowest BCUT2D eigenvalue weighted by molar-refractivity contribution is 0.248. The Morgan fingerprint density at radius 1 is 1.18 bits per heavy atom. The lowest BCUT2D eigenvalue weighted by atomic mass is 10.1. The van der Waals surface area contributed by atoms with Crippen LogP contribution in [0.2, 0.25) is 5.02 Å². The van der Waals surface area contributed by atoms with E-state index >= 15 is 0 Å². The van der Waals surface area contributed by atoms with Crippen molar-refractivity contribution in [1.82, 2.24) is 19.5 Å². The number of rotatable bonds is 7. The molecule has 0 aliphatic heterocycles. The molecule has 0 spiro atoms. The van der Waals surface area contributed by atoms with Gasteiger partial charge in [0, 0.05) is 16.8 Å². The molecule has 8 heteroatoms. The zero-order valence-electron chi connectivity index (χ0n) is 15.9. The summed E-state index contributed by atoms with van der Waals surface area (Å²) < 4.78 is 1.99. The third-order valence-electron chi connectivity index (χ3n) is 4.38. The number of anilines is 3. The van der Waals surface area contributed by atoms with Crippen LogP contribution in [0.4, 0.5) is 17.5 Å². The van der Waals surface area contributed by atoms with Crippen molar-refractivity contribution in [2.75, 3.05) is 17.2 Å². The van der Waals surface area contributed by atoms with Crippen LogP contribution in [-0.4, -0.2) is 37.3 Å². The van der Waals surface area contributed by atoms with Gasteiger partial charge in [-0.1, -0.05) is 38.9 Å². The first kappa shape index (κ1) is 21.9. The molecule has 0 amide bonds. The molecule has 3 N–H and O–H groups in total. The average Bonchev–Trinajstić information content (AvgIpc) is 3.04. The van der Waals surface area contributed by atoms with Crippen LogP contribution in [0.15, 0.2) is 30.6 Å². The van der Waals surface area contributed by atoms with Crippen molar-refractivity contribution in [3.8, 4) is 0 Å². The molecule has 1 atom stereocenters. The van der Waals surface area contributed by atoms with E-state index in [-0.39, 0.29) is 32.0 Å². The summed E-state index contributed by atoms with van der Waals surface area (Å²) in [6, 6.07) is 7.49. The number of benzene rings is 1. The number of aromatic nitrogens is 4. The summed E-state index contributed by atoms with van der Waals surface area (Å²) in [5, 5.41) is 16.8. The molecule has 0 aliphatic rings. The second-order valence-electron chi connectivity index (χ2n) is 7.13. The normalized spacial score (nSPS) is 12.3. The van der Waals surface area contributed by atoms with Crippen LogP contribution in [0.5, 0.6) is 0 Å². The Balaban J connectivity index is 0.00000280. The second-order valence-corrected chi connectivity index (χ2v) is 7.56. The van der Waals surface area contributed by atoms with Crippen molar-refractivity contribution < 1.29 is 5.11 Å². The number of nitrogens with zero attached hydrogens (tertiary/aromatic N) is 4. The van der Waals surface area contributed by atoms with E-state index in [1.54, 1.807) is 6.33 Å². The summed E-state index contributed by atoms with van der Waals surface area (Å²) in [5.74, 6) is 1.26. The fourth-order valence-corrected chi connectivity index (χ4v) is 2.93. The van der Waals surface area contributed by atoms with Gasteiger partial charge in [0.05, 0.1) is 19.0 Å². The van der Waals surface area contributed by atoms with E-state index in [9.17, 15) is 5.11 Å². The summed E-state index contributed by atoms with van der Waals surface area (Å²) in [4.78, 5) is 13.8. The molecule has 2 aromatic heterocycles. The van der Waals surface area contributed by atoms with Gasteiger partial charge in [0.15, 0.2) is 17.0 Å². The lowest BCUT2D eigenvalue weighted by Gasteiger charge is -2.20. The summed E-state index contributed by atoms with van der Waals surface area (Å²) in [5.41, 5.74) is 2.22. The largest absolute Gasteiger partial charge is 0.394 e. The molecule has 152 valence electrons. The Morgan fingerprint density at radius 2 is 1.93 bits per heavy atom. The number of nitrogens with one attached hydrogen (secondary N) is 2. The summed E-state index contributed by atoms with van der Waals surface area (Å²) in [6.07, 6.45) is 1.77. The maximum Gasteiger partial charge on any atom is 0.227 e. The second kappa shape index (κ2) is 9.21. The van der Waals surface area contributed by atoms with Crippen LogP contribution in [0.3, 0.4) is 0 Å². The number of imidazole rings is 1. The molecule has 0 saturated heterocycles. The molecule has 0 aliphatic carbocycles. The molecule has 1 aromatic carbocycles. The van der Waals surface area contributed by atoms with Gasteiger partial charge in [-0.15, -0.1) is 0 Å². The summed E-state index contributed by atoms with van der Waals surface area (Å²) in [6.45, 7) is 8.22. The van der Waals surface area contributed by atoms with Crippen molar-refractivity contribution in [2.24, 2.45) is 5.92 Å². The van der Waals surface area contributed by atoms with Gasteiger partial charge >= 0.3 is 0 Å². The van der Waals surface area contributed by atoms with Crippen molar-refractivity contribution >= 4 is 40.2 Å². The quantitative estimate of drug-likeness (QED) is 0.520. The highest BCUT2D eigenvalue weighted by molar-refractivity contribution is 6.30. The minimum absolute atomic E-state index is 0. The van der Waals surface area contributed by atoms with Gasteiger partial charge in [0.2, 0.25) is 5.95 Å². The molecule has 0 bridgehead atoms. The van der Waals surface area contributed by atoms with Crippen molar-refractivity contribution in [1.29, 1.82) is 0 Å². The Labute approximate surface area is 171 Å². The number of fused-ring (bicyclic) bond motifs is 1. The molecule has 7 nitrogen and oxygen atoms in total. The first-order chi connectivity index (χ1) is 12.9. The fourth-order valence-electron chi connectivity index (χ4n) is 2.74. The van der Waals surface area contributed by atoms with Gasteiger partial charge < -0.3 is 20.3 Å². The minimum atomic E-state index is -0.142. The van der Waals surface area contributed by atoms with E-state index in [0.717, 1.165) is 11.3 Å². The monoisotopic (exact) mass is 404 g/mol. The molecule has 3 aromatic rings. The number of hydrogen-bond acceptors (Lipinski definition) is 6. The molecule has 2 heterocycles. The van der Waals surface area contributed by atoms with Gasteiger partial charge in [-0.05, 0) is 38.0 Å². The summed E-state index contributed by atoms with van der Waals surface area (Å²) in [7, 11) is 0. The highest BCUT2D eigenvalue weighted by atomic mass is 35.5. The molecule has 3 rings (SSSR count). The highest BCUT2D eigenvalue weighted by Crippen LogP contribution is 2.27. The predicted octanol–water partition coefficient (Wildman–Crippen LogP) is 4.87. The number of aliphatic hydroxyl groups is 1. The van der Waals surface area contributed by atoms with Gasteiger partial charge in [0.25, 0.3) is 0 Å². The van der Waals surface area contributed by atoms with E-state index in [1.807, 2.05) is 42.7 Å². The first-order valence-corrected chi connectivity index (χ1v) is 9.41. The Kier molecular flexibility index (Phi) is 7.21. The number of halogens is 1. The molecule has 28 heavy (non-hydrogen) atoms. The zero-order valence-corrected chi connectivity index (χ0v) is 16.7. The van der Waals surface area contributed by atoms with Crippen molar-refractivity contribution in [3.63, 3.8) is 0 Å². The number of aliphatic hydroxyl groups excluding tert-OH is 1. The standard InChI is InChI=1S/C19H25ClN6O.CH4/c1-11(2)15(9-27)23-19-24-17(22-14-7-5-6-13(20)8-14)16-18(25-19)26(10-21-16)12(3)4;/h5-8,10-12,15,27H,9H2,1-4H3,(H2,22,23,24,25);1H4/t15-;/m0./s1. The third kappa shape index (κ3) is 4.72. The van der Waals surface area contributed by atoms with E-state index in [0.29, 0.717) is 22.3 Å². The van der Waals surface area contributed by atoms with Crippen LogP contribution in [0, 0.1) is 5.92 Å². The molecular weight excluding hydrogens is 376 g/mol. The van der Waals surface area contributed by atoms with E-state index in [1.165, 1.54) is 0 Å². The molecular formula is C20H29ClN6O. The van der Waals surface area contributed by atoms with Gasteiger partial charge in [-0.2, -0.15) is 9.97 Å². The van der Waals surface area contributed by atoms with Gasteiger partial charge in [-0.3, -0.25) is 0 Å². The maximum atomic E-state index is 9.64. The van der Waals surface area contributed by atoms with E-state index < -0.39 is 0 Å². The van der Waals surface area contributed by atoms with Crippen LogP contribution in [-0.2, 0) is 0 Å². The zero-order chi connectivity index (χ0) is 19.6. The van der Waals surface area contributed by atoms with Gasteiger partial charge in [0.1, 0.15) is 0 Å². The van der Waals surface area contributed by atoms with Crippen LogP contribution < -0.4 is 10.6 Å². The van der Waals surface area contributed by atoms with Crippen LogP contribution in [0.25, 0.3) is 11.2 Å². The van der Waals surface area contributed by atoms with Crippen LogP contribution >= 0.6 is 11.6 Å². The maximum absolute atomic E-state index is 9.64. The Hall–Kier alpha value is -2.38. The lowest BCUT2D eigenvalue weighted by Crippen LogP contribution is -2.30. The Bertz CT molecular complexity index is 924. The molecule has 0 unspecified atom stereocenters. The average molecular weight is 405 g/mol. The van der Waals surface area contributed by atoms with E-state index in [2.05, 4.69) is 39.4 Å². The Morgan fingerprint density at radius 3 is 2.54 bits per heavy atom. The highest BCUT2D eigenvalue weighted by Gasteiger charge is 2.18. The SMILES string of the molecule is C.CC(C)[C@H](CO)Nc1nc(Nc2cccc(Cl)c2)c2ncn(C(C)C)c2n1. The predicted molar refractivity (Wildman–Crippen MR) is 117 cm³/mol. The van der Waals surface area contributed by atoms with Crippen LogP contribution in [0.1, 0.15) is 41.2 Å².